The highest BCUT2D eigenvalue weighted by molar-refractivity contribution is 7.92. The summed E-state index contributed by atoms with van der Waals surface area (Å²) < 4.78 is 32.7. The summed E-state index contributed by atoms with van der Waals surface area (Å²) in [6, 6.07) is 13.1. The fraction of sp³-hybridized carbons (Fsp3) is 0.111. The molecule has 3 N–H and O–H groups in total. The molecule has 0 radical (unpaired) electrons. The Balaban J connectivity index is 1.49. The molecule has 2 heterocycles. The Morgan fingerprint density at radius 3 is 2.52 bits per heavy atom. The van der Waals surface area contributed by atoms with Crippen LogP contribution in [0.15, 0.2) is 57.9 Å². The van der Waals surface area contributed by atoms with Gasteiger partial charge in [-0.3, -0.25) is 9.52 Å². The number of hydrogen-bond acceptors (Lipinski definition) is 6. The Morgan fingerprint density at radius 1 is 1.07 bits per heavy atom. The van der Waals surface area contributed by atoms with Crippen molar-refractivity contribution < 1.29 is 17.7 Å². The van der Waals surface area contributed by atoms with Crippen LogP contribution in [-0.4, -0.2) is 19.5 Å². The van der Waals surface area contributed by atoms with E-state index in [1.54, 1.807) is 43.3 Å². The number of hydrogen-bond donors (Lipinski definition) is 3. The quantitative estimate of drug-likeness (QED) is 0.623. The predicted octanol–water partition coefficient (Wildman–Crippen LogP) is 3.02. The van der Waals surface area contributed by atoms with E-state index in [9.17, 15) is 13.2 Å². The summed E-state index contributed by atoms with van der Waals surface area (Å²) in [5, 5.41) is 9.58. The van der Waals surface area contributed by atoms with Gasteiger partial charge in [0.15, 0.2) is 5.82 Å². The molecule has 0 bridgehead atoms. The van der Waals surface area contributed by atoms with Gasteiger partial charge in [0.05, 0.1) is 11.3 Å². The van der Waals surface area contributed by atoms with Gasteiger partial charge in [0, 0.05) is 23.1 Å². The third-order valence-electron chi connectivity index (χ3n) is 4.05. The minimum atomic E-state index is -3.76. The molecule has 27 heavy (non-hydrogen) atoms. The molecule has 8 nitrogen and oxygen atoms in total. The Bertz CT molecular complexity index is 1120. The van der Waals surface area contributed by atoms with Crippen molar-refractivity contribution in [2.24, 2.45) is 0 Å². The van der Waals surface area contributed by atoms with Gasteiger partial charge in [-0.1, -0.05) is 5.16 Å². The smallest absolute Gasteiger partial charge is 0.261 e. The highest BCUT2D eigenvalue weighted by Gasteiger charge is 2.21. The van der Waals surface area contributed by atoms with Crippen molar-refractivity contribution in [2.75, 3.05) is 15.4 Å². The molecule has 0 saturated heterocycles. The maximum absolute atomic E-state index is 12.6. The number of nitrogens with zero attached hydrogens (tertiary/aromatic N) is 1. The molecule has 1 aliphatic rings. The molecule has 4 rings (SSSR count). The number of fused-ring (bicyclic) bond motifs is 1. The second-order valence-electron chi connectivity index (χ2n) is 6.17. The first-order valence-electron chi connectivity index (χ1n) is 8.15. The lowest BCUT2D eigenvalue weighted by molar-refractivity contribution is -0.115. The van der Waals surface area contributed by atoms with Crippen molar-refractivity contribution in [3.05, 3.63) is 59.9 Å². The summed E-state index contributed by atoms with van der Waals surface area (Å²) in [4.78, 5) is 11.5. The molecule has 0 aliphatic carbocycles. The number of amides is 1. The molecule has 1 aliphatic heterocycles. The van der Waals surface area contributed by atoms with Crippen LogP contribution in [0, 0.1) is 6.92 Å². The first kappa shape index (κ1) is 17.1. The number of carbonyl (C=O) groups is 1. The van der Waals surface area contributed by atoms with E-state index >= 15 is 0 Å². The Labute approximate surface area is 155 Å². The van der Waals surface area contributed by atoms with Gasteiger partial charge >= 0.3 is 0 Å². The van der Waals surface area contributed by atoms with E-state index in [1.807, 2.05) is 0 Å². The number of nitrogens with one attached hydrogen (secondary N) is 3. The molecule has 2 aromatic carbocycles. The van der Waals surface area contributed by atoms with Gasteiger partial charge in [0.1, 0.15) is 5.76 Å². The fourth-order valence-electron chi connectivity index (χ4n) is 2.78. The standard InChI is InChI=1S/C18H16N4O4S/c1-11-8-17(21-26-11)19-13-2-4-14(5-3-13)22-27(24,25)15-6-7-16-12(9-15)10-18(23)20-16/h2-9,22H,10H2,1H3,(H,19,21)(H,20,23). The molecular formula is C18H16N4O4S. The van der Waals surface area contributed by atoms with Crippen molar-refractivity contribution >= 4 is 38.8 Å². The SMILES string of the molecule is Cc1cc(Nc2ccc(NS(=O)(=O)c3ccc4c(c3)CC(=O)N4)cc2)no1. The van der Waals surface area contributed by atoms with E-state index in [-0.39, 0.29) is 17.2 Å². The maximum atomic E-state index is 12.6. The second kappa shape index (κ2) is 6.44. The number of sulfonamides is 1. The monoisotopic (exact) mass is 384 g/mol. The molecule has 0 spiro atoms. The highest BCUT2D eigenvalue weighted by Crippen LogP contribution is 2.27. The number of aryl methyl sites for hydroxylation is 1. The number of benzene rings is 2. The predicted molar refractivity (Wildman–Crippen MR) is 101 cm³/mol. The normalized spacial score (nSPS) is 13.1. The Kier molecular flexibility index (Phi) is 4.08. The summed E-state index contributed by atoms with van der Waals surface area (Å²) in [5.41, 5.74) is 2.49. The second-order valence-corrected chi connectivity index (χ2v) is 7.86. The average Bonchev–Trinajstić information content (AvgIpc) is 3.20. The van der Waals surface area contributed by atoms with Crippen molar-refractivity contribution in [1.82, 2.24) is 5.16 Å². The largest absolute Gasteiger partial charge is 0.360 e. The lowest BCUT2D eigenvalue weighted by Crippen LogP contribution is -2.13. The van der Waals surface area contributed by atoms with Crippen LogP contribution in [0.5, 0.6) is 0 Å². The van der Waals surface area contributed by atoms with Crippen molar-refractivity contribution in [3.63, 3.8) is 0 Å². The van der Waals surface area contributed by atoms with Crippen LogP contribution in [0.3, 0.4) is 0 Å². The van der Waals surface area contributed by atoms with Gasteiger partial charge in [0.25, 0.3) is 10.0 Å². The molecular weight excluding hydrogens is 368 g/mol. The summed E-state index contributed by atoms with van der Waals surface area (Å²) in [6.45, 7) is 1.79. The van der Waals surface area contributed by atoms with E-state index in [0.717, 1.165) is 5.69 Å². The van der Waals surface area contributed by atoms with Crippen molar-refractivity contribution in [2.45, 2.75) is 18.2 Å². The van der Waals surface area contributed by atoms with Crippen LogP contribution in [0.2, 0.25) is 0 Å². The Morgan fingerprint density at radius 2 is 1.81 bits per heavy atom. The number of anilines is 4. The number of rotatable bonds is 5. The molecule has 9 heteroatoms. The third-order valence-corrected chi connectivity index (χ3v) is 5.43. The van der Waals surface area contributed by atoms with Crippen molar-refractivity contribution in [3.8, 4) is 0 Å². The van der Waals surface area contributed by atoms with E-state index in [1.165, 1.54) is 12.1 Å². The Hall–Kier alpha value is -3.33. The van der Waals surface area contributed by atoms with Crippen LogP contribution in [-0.2, 0) is 21.2 Å². The maximum Gasteiger partial charge on any atom is 0.261 e. The topological polar surface area (TPSA) is 113 Å². The molecule has 0 unspecified atom stereocenters. The van der Waals surface area contributed by atoms with Gasteiger partial charge in [-0.2, -0.15) is 0 Å². The molecule has 0 saturated carbocycles. The van der Waals surface area contributed by atoms with Crippen molar-refractivity contribution in [1.29, 1.82) is 0 Å². The van der Waals surface area contributed by atoms with Gasteiger partial charge in [-0.15, -0.1) is 0 Å². The molecule has 3 aromatic rings. The molecule has 0 fully saturated rings. The minimum absolute atomic E-state index is 0.109. The lowest BCUT2D eigenvalue weighted by Gasteiger charge is -2.10. The van der Waals surface area contributed by atoms with Gasteiger partial charge in [-0.05, 0) is 55.0 Å². The minimum Gasteiger partial charge on any atom is -0.360 e. The van der Waals surface area contributed by atoms with E-state index in [0.29, 0.717) is 28.5 Å². The van der Waals surface area contributed by atoms with Crippen LogP contribution in [0.25, 0.3) is 0 Å². The lowest BCUT2D eigenvalue weighted by atomic mass is 10.2. The summed E-state index contributed by atoms with van der Waals surface area (Å²) in [5.74, 6) is 1.12. The summed E-state index contributed by atoms with van der Waals surface area (Å²) >= 11 is 0. The molecule has 0 atom stereocenters. The molecule has 138 valence electrons. The van der Waals surface area contributed by atoms with Gasteiger partial charge in [-0.25, -0.2) is 8.42 Å². The number of aromatic nitrogens is 1. The van der Waals surface area contributed by atoms with Crippen LogP contribution in [0.1, 0.15) is 11.3 Å². The highest BCUT2D eigenvalue weighted by atomic mass is 32.2. The molecule has 1 amide bonds. The van der Waals surface area contributed by atoms with Gasteiger partial charge in [0.2, 0.25) is 5.91 Å². The summed E-state index contributed by atoms with van der Waals surface area (Å²) in [6.07, 6.45) is 0.181. The van der Waals surface area contributed by atoms with Crippen LogP contribution in [0.4, 0.5) is 22.9 Å². The third kappa shape index (κ3) is 3.63. The van der Waals surface area contributed by atoms with Crippen LogP contribution >= 0.6 is 0 Å². The zero-order valence-electron chi connectivity index (χ0n) is 14.3. The zero-order chi connectivity index (χ0) is 19.0. The average molecular weight is 384 g/mol. The van der Waals surface area contributed by atoms with E-state index < -0.39 is 10.0 Å². The van der Waals surface area contributed by atoms with E-state index in [2.05, 4.69) is 20.5 Å². The fourth-order valence-corrected chi connectivity index (χ4v) is 3.89. The zero-order valence-corrected chi connectivity index (χ0v) is 15.1. The van der Waals surface area contributed by atoms with Crippen LogP contribution < -0.4 is 15.4 Å². The summed E-state index contributed by atoms with van der Waals surface area (Å²) in [7, 11) is -3.76. The van der Waals surface area contributed by atoms with Gasteiger partial charge < -0.3 is 15.2 Å². The molecule has 1 aromatic heterocycles. The number of carbonyl (C=O) groups excluding carboxylic acids is 1. The first-order chi connectivity index (χ1) is 12.9. The first-order valence-corrected chi connectivity index (χ1v) is 9.63. The van der Waals surface area contributed by atoms with E-state index in [4.69, 9.17) is 4.52 Å².